The van der Waals surface area contributed by atoms with Crippen LogP contribution in [0, 0.1) is 0 Å². The molecule has 2 aliphatic heterocycles. The van der Waals surface area contributed by atoms with Crippen molar-refractivity contribution in [3.8, 4) is 0 Å². The fourth-order valence-electron chi connectivity index (χ4n) is 4.45. The second kappa shape index (κ2) is 10.5. The molecule has 0 bridgehead atoms. The summed E-state index contributed by atoms with van der Waals surface area (Å²) in [4.78, 5) is 32.6. The van der Waals surface area contributed by atoms with Gasteiger partial charge in [0.05, 0.1) is 6.20 Å². The van der Waals surface area contributed by atoms with E-state index in [4.69, 9.17) is 10.5 Å². The molecule has 4 heterocycles. The van der Waals surface area contributed by atoms with Crippen LogP contribution in [0.4, 0.5) is 0 Å². The van der Waals surface area contributed by atoms with E-state index < -0.39 is 18.1 Å². The summed E-state index contributed by atoms with van der Waals surface area (Å²) in [5.74, 6) is -0.312. The lowest BCUT2D eigenvalue weighted by molar-refractivity contribution is -0.153. The number of benzene rings is 2. The van der Waals surface area contributed by atoms with Crippen molar-refractivity contribution in [1.29, 1.82) is 0 Å². The zero-order chi connectivity index (χ0) is 26.1. The van der Waals surface area contributed by atoms with Crippen LogP contribution >= 0.6 is 23.5 Å². The third kappa shape index (κ3) is 4.62. The van der Waals surface area contributed by atoms with Gasteiger partial charge in [0.1, 0.15) is 22.1 Å². The van der Waals surface area contributed by atoms with Crippen molar-refractivity contribution < 1.29 is 14.3 Å². The molecule has 6 rings (SSSR count). The van der Waals surface area contributed by atoms with E-state index in [1.165, 1.54) is 16.7 Å². The minimum Gasteiger partial charge on any atom is -0.448 e. The number of esters is 1. The van der Waals surface area contributed by atoms with Gasteiger partial charge in [-0.3, -0.25) is 9.69 Å². The summed E-state index contributed by atoms with van der Waals surface area (Å²) in [5.41, 5.74) is 9.43. The second-order valence-electron chi connectivity index (χ2n) is 8.74. The molecule has 2 N–H and O–H groups in total. The number of hydrogen-bond donors (Lipinski definition) is 1. The lowest BCUT2D eigenvalue weighted by Gasteiger charge is -2.48. The monoisotopic (exact) mass is 541 g/mol. The molecule has 2 aliphatic rings. The van der Waals surface area contributed by atoms with Crippen molar-refractivity contribution in [3.63, 3.8) is 0 Å². The van der Waals surface area contributed by atoms with Crippen LogP contribution in [0.3, 0.4) is 0 Å². The molecular weight excluding hydrogens is 518 g/mol. The first kappa shape index (κ1) is 24.5. The number of aromatic nitrogens is 3. The summed E-state index contributed by atoms with van der Waals surface area (Å²) in [5, 5.41) is 6.54. The lowest BCUT2D eigenvalue weighted by atomic mass is 10.0. The first-order chi connectivity index (χ1) is 18.6. The predicted molar refractivity (Wildman–Crippen MR) is 147 cm³/mol. The molecule has 0 aliphatic carbocycles. The van der Waals surface area contributed by atoms with Gasteiger partial charge in [-0.15, -0.1) is 11.8 Å². The average Bonchev–Trinajstić information content (AvgIpc) is 3.44. The van der Waals surface area contributed by atoms with E-state index in [0.29, 0.717) is 11.3 Å². The van der Waals surface area contributed by atoms with Crippen molar-refractivity contribution in [2.75, 3.05) is 5.75 Å². The molecule has 190 valence electrons. The number of fused-ring (bicyclic) bond motifs is 2. The molecule has 0 spiro atoms. The van der Waals surface area contributed by atoms with Crippen molar-refractivity contribution in [2.45, 2.75) is 22.5 Å². The van der Waals surface area contributed by atoms with Gasteiger partial charge in [-0.25, -0.2) is 14.3 Å². The molecule has 0 saturated carbocycles. The number of nitrogens with two attached hydrogens (primary N) is 1. The highest BCUT2D eigenvalue weighted by molar-refractivity contribution is 8.02. The number of allylic oxidation sites excluding steroid dienone is 1. The van der Waals surface area contributed by atoms with Gasteiger partial charge >= 0.3 is 5.97 Å². The molecule has 38 heavy (non-hydrogen) atoms. The Kier molecular flexibility index (Phi) is 6.75. The topological polar surface area (TPSA) is 103 Å². The van der Waals surface area contributed by atoms with E-state index in [1.54, 1.807) is 22.5 Å². The van der Waals surface area contributed by atoms with Crippen LogP contribution in [-0.2, 0) is 14.3 Å². The molecule has 1 amide bonds. The predicted octanol–water partition coefficient (Wildman–Crippen LogP) is 4.16. The van der Waals surface area contributed by atoms with Crippen molar-refractivity contribution in [1.82, 2.24) is 19.5 Å². The van der Waals surface area contributed by atoms with Crippen LogP contribution < -0.4 is 5.73 Å². The number of thioether (sulfide) groups is 2. The maximum absolute atomic E-state index is 13.8. The van der Waals surface area contributed by atoms with Crippen molar-refractivity contribution in [2.24, 2.45) is 5.73 Å². The summed E-state index contributed by atoms with van der Waals surface area (Å²) in [7, 11) is 0. The molecule has 2 aromatic heterocycles. The van der Waals surface area contributed by atoms with Crippen LogP contribution in [0.15, 0.2) is 113 Å². The number of rotatable bonds is 7. The van der Waals surface area contributed by atoms with Gasteiger partial charge in [0, 0.05) is 18.0 Å². The fourth-order valence-corrected chi connectivity index (χ4v) is 6.37. The first-order valence-electron chi connectivity index (χ1n) is 12.0. The van der Waals surface area contributed by atoms with Crippen LogP contribution in [0.25, 0.3) is 5.65 Å². The van der Waals surface area contributed by atoms with E-state index in [9.17, 15) is 9.59 Å². The summed E-state index contributed by atoms with van der Waals surface area (Å²) in [6.07, 6.45) is 4.76. The third-order valence-corrected chi connectivity index (χ3v) is 8.42. The van der Waals surface area contributed by atoms with E-state index in [1.807, 2.05) is 90.5 Å². The van der Waals surface area contributed by atoms with E-state index >= 15 is 0 Å². The largest absolute Gasteiger partial charge is 0.448 e. The minimum atomic E-state index is -0.631. The van der Waals surface area contributed by atoms with Crippen LogP contribution in [0.2, 0.25) is 0 Å². The number of amides is 1. The fraction of sp³-hybridized carbons (Fsp3) is 0.143. The maximum Gasteiger partial charge on any atom is 0.356 e. The quantitative estimate of drug-likeness (QED) is 0.161. The van der Waals surface area contributed by atoms with Crippen LogP contribution in [0.1, 0.15) is 17.2 Å². The number of hydrogen-bond acceptors (Lipinski definition) is 8. The van der Waals surface area contributed by atoms with Crippen LogP contribution in [-0.4, -0.2) is 48.5 Å². The van der Waals surface area contributed by atoms with Crippen molar-refractivity contribution >= 4 is 41.0 Å². The molecule has 10 heteroatoms. The van der Waals surface area contributed by atoms with Gasteiger partial charge in [-0.05, 0) is 34.3 Å². The molecule has 2 atom stereocenters. The molecule has 2 aromatic carbocycles. The molecule has 4 aromatic rings. The molecule has 0 radical (unpaired) electrons. The smallest absolute Gasteiger partial charge is 0.356 e. The molecule has 1 saturated heterocycles. The highest BCUT2D eigenvalue weighted by atomic mass is 32.2. The zero-order valence-corrected chi connectivity index (χ0v) is 21.7. The summed E-state index contributed by atoms with van der Waals surface area (Å²) < 4.78 is 7.82. The number of nitrogens with zero attached hydrogens (tertiary/aromatic N) is 4. The summed E-state index contributed by atoms with van der Waals surface area (Å²) >= 11 is 2.96. The molecule has 8 nitrogen and oxygen atoms in total. The Balaban J connectivity index is 1.31. The Morgan fingerprint density at radius 2 is 1.79 bits per heavy atom. The zero-order valence-electron chi connectivity index (χ0n) is 20.1. The van der Waals surface area contributed by atoms with E-state index in [2.05, 4.69) is 10.1 Å². The third-order valence-electron chi connectivity index (χ3n) is 6.35. The number of carbonyl (C=O) groups is 2. The Labute approximate surface area is 227 Å². The number of ether oxygens (including phenoxy) is 1. The average molecular weight is 542 g/mol. The lowest BCUT2D eigenvalue weighted by Crippen LogP contribution is -2.68. The minimum absolute atomic E-state index is 0.244. The Hall–Kier alpha value is -3.86. The second-order valence-corrected chi connectivity index (χ2v) is 10.8. The van der Waals surface area contributed by atoms with Gasteiger partial charge in [-0.1, -0.05) is 72.4 Å². The standard InChI is InChI=1S/C28H23N5O3S2/c29-23-26(34)33-24(28(35)36-25(18-7-3-1-4-8-18)19-9-5-2-6-10-19)20(17-38-27(23)33)13-16-37-22-12-15-32-21(31-22)11-14-30-32/h1-16,23,25,27H,17,29H2/b16-13+/t23-,27-/m1/s1. The van der Waals surface area contributed by atoms with E-state index in [0.717, 1.165) is 21.8 Å². The number of carbonyl (C=O) groups excluding carboxylic acids is 2. The molecule has 0 unspecified atom stereocenters. The molecular formula is C28H23N5O3S2. The summed E-state index contributed by atoms with van der Waals surface area (Å²) in [6, 6.07) is 22.2. The number of β-lactam (4-membered cyclic amide) rings is 1. The van der Waals surface area contributed by atoms with Gasteiger partial charge in [0.25, 0.3) is 0 Å². The normalized spacial score (nSPS) is 19.2. The maximum atomic E-state index is 13.8. The van der Waals surface area contributed by atoms with Gasteiger partial charge in [0.2, 0.25) is 5.91 Å². The Morgan fingerprint density at radius 1 is 1.08 bits per heavy atom. The SMILES string of the molecule is N[C@@H]1C(=O)N2C(C(=O)OC(c3ccccc3)c3ccccc3)=C(/C=C/Sc3ccn4nccc4n3)CS[C@H]12. The Bertz CT molecular complexity index is 1520. The highest BCUT2D eigenvalue weighted by Crippen LogP contribution is 2.41. The van der Waals surface area contributed by atoms with Crippen molar-refractivity contribution in [3.05, 3.63) is 119 Å². The summed E-state index contributed by atoms with van der Waals surface area (Å²) in [6.45, 7) is 0. The highest BCUT2D eigenvalue weighted by Gasteiger charge is 2.52. The first-order valence-corrected chi connectivity index (χ1v) is 13.9. The van der Waals surface area contributed by atoms with E-state index in [-0.39, 0.29) is 17.0 Å². The van der Waals surface area contributed by atoms with Gasteiger partial charge in [0.15, 0.2) is 11.8 Å². The van der Waals surface area contributed by atoms with Crippen LogP contribution in [0.5, 0.6) is 0 Å². The molecule has 1 fully saturated rings. The Morgan fingerprint density at radius 3 is 2.50 bits per heavy atom. The van der Waals surface area contributed by atoms with Gasteiger partial charge in [-0.2, -0.15) is 5.10 Å². The van der Waals surface area contributed by atoms with Gasteiger partial charge < -0.3 is 10.5 Å².